The van der Waals surface area contributed by atoms with Crippen molar-refractivity contribution in [3.05, 3.63) is 59.7 Å². The number of rotatable bonds is 5. The molecule has 0 aliphatic rings. The van der Waals surface area contributed by atoms with Gasteiger partial charge in [0.15, 0.2) is 0 Å². The summed E-state index contributed by atoms with van der Waals surface area (Å²) in [6.07, 6.45) is -0.234. The third kappa shape index (κ3) is 3.09. The minimum absolute atomic E-state index is 0.0899. The summed E-state index contributed by atoms with van der Waals surface area (Å²) in [5.41, 5.74) is 1.08. The van der Waals surface area contributed by atoms with Crippen molar-refractivity contribution in [3.63, 3.8) is 0 Å². The van der Waals surface area contributed by atoms with Crippen molar-refractivity contribution in [3.8, 4) is 11.5 Å². The highest BCUT2D eigenvalue weighted by Gasteiger charge is 2.15. The van der Waals surface area contributed by atoms with Crippen molar-refractivity contribution in [2.45, 2.75) is 13.0 Å². The Labute approximate surface area is 117 Å². The molecule has 1 N–H and O–H groups in total. The molecule has 0 bridgehead atoms. The van der Waals surface area contributed by atoms with Gasteiger partial charge in [0.25, 0.3) is 0 Å². The van der Waals surface area contributed by atoms with Crippen LogP contribution in [0.5, 0.6) is 11.5 Å². The first-order chi connectivity index (χ1) is 9.61. The molecule has 0 saturated heterocycles. The molecular weight excluding hydrogens is 256 g/mol. The van der Waals surface area contributed by atoms with Crippen LogP contribution in [0, 0.1) is 0 Å². The van der Waals surface area contributed by atoms with Crippen LogP contribution >= 0.6 is 0 Å². The fourth-order valence-electron chi connectivity index (χ4n) is 1.89. The van der Waals surface area contributed by atoms with Crippen LogP contribution in [-0.2, 0) is 0 Å². The first kappa shape index (κ1) is 13.9. The summed E-state index contributed by atoms with van der Waals surface area (Å²) in [5.74, 6) is -0.226. The van der Waals surface area contributed by atoms with E-state index < -0.39 is 5.97 Å². The Bertz CT molecular complexity index is 593. The van der Waals surface area contributed by atoms with Crippen molar-refractivity contribution in [2.24, 2.45) is 0 Å². The molecule has 2 aromatic carbocycles. The average molecular weight is 272 g/mol. The third-order valence-corrected chi connectivity index (χ3v) is 2.99. The number of carboxylic acids is 1. The Kier molecular flexibility index (Phi) is 4.25. The van der Waals surface area contributed by atoms with Crippen molar-refractivity contribution in [1.82, 2.24) is 0 Å². The predicted molar refractivity (Wildman–Crippen MR) is 75.4 cm³/mol. The van der Waals surface area contributed by atoms with E-state index in [0.29, 0.717) is 11.5 Å². The summed E-state index contributed by atoms with van der Waals surface area (Å²) in [6.45, 7) is 1.88. The number of benzene rings is 2. The number of hydrogen-bond acceptors (Lipinski definition) is 3. The van der Waals surface area contributed by atoms with Gasteiger partial charge in [-0.2, -0.15) is 0 Å². The van der Waals surface area contributed by atoms with Crippen LogP contribution < -0.4 is 9.47 Å². The van der Waals surface area contributed by atoms with E-state index in [1.54, 1.807) is 12.1 Å². The molecule has 0 aliphatic carbocycles. The first-order valence-corrected chi connectivity index (χ1v) is 6.24. The second kappa shape index (κ2) is 6.10. The van der Waals surface area contributed by atoms with Crippen LogP contribution in [0.3, 0.4) is 0 Å². The molecule has 0 heterocycles. The molecule has 0 fully saturated rings. The molecular formula is C16H16O4. The van der Waals surface area contributed by atoms with Crippen molar-refractivity contribution >= 4 is 5.97 Å². The molecule has 0 radical (unpaired) electrons. The van der Waals surface area contributed by atoms with Gasteiger partial charge in [-0.05, 0) is 30.7 Å². The number of aromatic carboxylic acids is 1. The zero-order valence-electron chi connectivity index (χ0n) is 11.4. The highest BCUT2D eigenvalue weighted by atomic mass is 16.5. The maximum atomic E-state index is 11.3. The van der Waals surface area contributed by atoms with Crippen LogP contribution in [0.1, 0.15) is 28.9 Å². The molecule has 2 aromatic rings. The lowest BCUT2D eigenvalue weighted by atomic mass is 10.1. The van der Waals surface area contributed by atoms with E-state index in [0.717, 1.165) is 5.56 Å². The minimum atomic E-state index is -1.04. The number of carbonyl (C=O) groups is 1. The van der Waals surface area contributed by atoms with Gasteiger partial charge in [-0.1, -0.05) is 30.3 Å². The van der Waals surface area contributed by atoms with Gasteiger partial charge in [0, 0.05) is 0 Å². The minimum Gasteiger partial charge on any atom is -0.497 e. The number of methoxy groups -OCH3 is 1. The molecule has 0 saturated carbocycles. The molecule has 1 atom stereocenters. The summed E-state index contributed by atoms with van der Waals surface area (Å²) >= 11 is 0. The van der Waals surface area contributed by atoms with E-state index in [4.69, 9.17) is 9.47 Å². The van der Waals surface area contributed by atoms with Gasteiger partial charge < -0.3 is 14.6 Å². The molecule has 2 rings (SSSR count). The van der Waals surface area contributed by atoms with Gasteiger partial charge in [0.1, 0.15) is 23.2 Å². The second-order valence-corrected chi connectivity index (χ2v) is 4.34. The predicted octanol–water partition coefficient (Wildman–Crippen LogP) is 3.53. The van der Waals surface area contributed by atoms with E-state index >= 15 is 0 Å². The Hall–Kier alpha value is -2.49. The number of carboxylic acid groups (broad SMARTS) is 1. The summed E-state index contributed by atoms with van der Waals surface area (Å²) in [7, 11) is 1.49. The van der Waals surface area contributed by atoms with Crippen molar-refractivity contribution in [2.75, 3.05) is 7.11 Å². The van der Waals surface area contributed by atoms with Crippen molar-refractivity contribution < 1.29 is 19.4 Å². The standard InChI is InChI=1S/C16H16O4/c1-11(12-6-4-3-5-7-12)20-15-9-8-13(19-2)10-14(15)16(17)18/h3-11H,1-2H3,(H,17,18). The SMILES string of the molecule is COc1ccc(OC(C)c2ccccc2)c(C(=O)O)c1. The topological polar surface area (TPSA) is 55.8 Å². The first-order valence-electron chi connectivity index (χ1n) is 6.24. The lowest BCUT2D eigenvalue weighted by Crippen LogP contribution is -2.07. The van der Waals surface area contributed by atoms with Crippen LogP contribution in [0.15, 0.2) is 48.5 Å². The molecule has 0 aliphatic heterocycles. The second-order valence-electron chi connectivity index (χ2n) is 4.34. The Morgan fingerprint density at radius 3 is 2.45 bits per heavy atom. The normalized spacial score (nSPS) is 11.7. The van der Waals surface area contributed by atoms with E-state index in [1.165, 1.54) is 13.2 Å². The fraction of sp³-hybridized carbons (Fsp3) is 0.188. The molecule has 104 valence electrons. The van der Waals surface area contributed by atoms with Crippen LogP contribution in [0.25, 0.3) is 0 Å². The molecule has 4 nitrogen and oxygen atoms in total. The molecule has 4 heteroatoms. The van der Waals surface area contributed by atoms with E-state index in [-0.39, 0.29) is 11.7 Å². The Morgan fingerprint density at radius 2 is 1.85 bits per heavy atom. The van der Waals surface area contributed by atoms with Gasteiger partial charge in [-0.15, -0.1) is 0 Å². The lowest BCUT2D eigenvalue weighted by molar-refractivity contribution is 0.0689. The largest absolute Gasteiger partial charge is 0.497 e. The maximum absolute atomic E-state index is 11.3. The van der Waals surface area contributed by atoms with Gasteiger partial charge in [-0.3, -0.25) is 0 Å². The quantitative estimate of drug-likeness (QED) is 0.904. The highest BCUT2D eigenvalue weighted by Crippen LogP contribution is 2.28. The van der Waals surface area contributed by atoms with Gasteiger partial charge in [0.05, 0.1) is 7.11 Å². The molecule has 0 amide bonds. The van der Waals surface area contributed by atoms with Crippen LogP contribution in [0.4, 0.5) is 0 Å². The summed E-state index contributed by atoms with van der Waals surface area (Å²) in [4.78, 5) is 11.3. The lowest BCUT2D eigenvalue weighted by Gasteiger charge is -2.17. The van der Waals surface area contributed by atoms with E-state index in [9.17, 15) is 9.90 Å². The van der Waals surface area contributed by atoms with Crippen molar-refractivity contribution in [1.29, 1.82) is 0 Å². The highest BCUT2D eigenvalue weighted by molar-refractivity contribution is 5.91. The monoisotopic (exact) mass is 272 g/mol. The third-order valence-electron chi connectivity index (χ3n) is 2.99. The summed E-state index contributed by atoms with van der Waals surface area (Å²) in [6, 6.07) is 14.4. The van der Waals surface area contributed by atoms with E-state index in [1.807, 2.05) is 37.3 Å². The van der Waals surface area contributed by atoms with Gasteiger partial charge >= 0.3 is 5.97 Å². The fourth-order valence-corrected chi connectivity index (χ4v) is 1.89. The van der Waals surface area contributed by atoms with Gasteiger partial charge in [0.2, 0.25) is 0 Å². The van der Waals surface area contributed by atoms with Gasteiger partial charge in [-0.25, -0.2) is 4.79 Å². The number of hydrogen-bond donors (Lipinski definition) is 1. The van der Waals surface area contributed by atoms with Crippen LogP contribution in [-0.4, -0.2) is 18.2 Å². The van der Waals surface area contributed by atoms with E-state index in [2.05, 4.69) is 0 Å². The Morgan fingerprint density at radius 1 is 1.15 bits per heavy atom. The smallest absolute Gasteiger partial charge is 0.339 e. The van der Waals surface area contributed by atoms with Crippen LogP contribution in [0.2, 0.25) is 0 Å². The molecule has 0 spiro atoms. The maximum Gasteiger partial charge on any atom is 0.339 e. The summed E-state index contributed by atoms with van der Waals surface area (Å²) in [5, 5.41) is 9.23. The number of ether oxygens (including phenoxy) is 2. The zero-order chi connectivity index (χ0) is 14.5. The Balaban J connectivity index is 2.27. The molecule has 1 unspecified atom stereocenters. The summed E-state index contributed by atoms with van der Waals surface area (Å²) < 4.78 is 10.8. The molecule has 0 aromatic heterocycles. The molecule has 20 heavy (non-hydrogen) atoms. The average Bonchev–Trinajstić information content (AvgIpc) is 2.48. The zero-order valence-corrected chi connectivity index (χ0v) is 11.4.